The number of hydrogen-bond donors (Lipinski definition) is 2. The van der Waals surface area contributed by atoms with Gasteiger partial charge in [0.1, 0.15) is 0 Å². The Morgan fingerprint density at radius 3 is 2.71 bits per heavy atom. The first kappa shape index (κ1) is 14.2. The van der Waals surface area contributed by atoms with Crippen LogP contribution in [-0.4, -0.2) is 28.2 Å². The van der Waals surface area contributed by atoms with Crippen LogP contribution in [0.1, 0.15) is 6.92 Å². The van der Waals surface area contributed by atoms with Crippen molar-refractivity contribution in [3.05, 3.63) is 23.2 Å². The van der Waals surface area contributed by atoms with Gasteiger partial charge in [-0.15, -0.1) is 0 Å². The molecule has 1 rings (SSSR count). The lowest BCUT2D eigenvalue weighted by molar-refractivity contribution is 0.180. The van der Waals surface area contributed by atoms with Gasteiger partial charge in [-0.25, -0.2) is 13.1 Å². The molecule has 0 spiro atoms. The first-order valence-corrected chi connectivity index (χ1v) is 6.79. The van der Waals surface area contributed by atoms with Gasteiger partial charge in [-0.1, -0.05) is 11.6 Å². The van der Waals surface area contributed by atoms with Crippen LogP contribution in [-0.2, 0) is 14.8 Å². The van der Waals surface area contributed by atoms with Crippen molar-refractivity contribution >= 4 is 27.3 Å². The Kier molecular flexibility index (Phi) is 4.76. The van der Waals surface area contributed by atoms with Crippen molar-refractivity contribution in [1.29, 1.82) is 0 Å². The maximum absolute atomic E-state index is 11.9. The fourth-order valence-electron chi connectivity index (χ4n) is 1.31. The van der Waals surface area contributed by atoms with E-state index in [1.54, 1.807) is 6.92 Å². The van der Waals surface area contributed by atoms with E-state index in [0.29, 0.717) is 11.6 Å². The van der Waals surface area contributed by atoms with Crippen LogP contribution >= 0.6 is 11.6 Å². The van der Waals surface area contributed by atoms with Gasteiger partial charge in [0.15, 0.2) is 0 Å². The third kappa shape index (κ3) is 3.85. The van der Waals surface area contributed by atoms with Crippen LogP contribution in [0.2, 0.25) is 5.02 Å². The lowest BCUT2D eigenvalue weighted by Crippen LogP contribution is -2.35. The van der Waals surface area contributed by atoms with Crippen molar-refractivity contribution in [1.82, 2.24) is 4.72 Å². The number of nitrogens with one attached hydrogen (secondary N) is 1. The van der Waals surface area contributed by atoms with Crippen LogP contribution < -0.4 is 10.5 Å². The molecule has 1 aromatic carbocycles. The maximum atomic E-state index is 11.9. The molecule has 5 nitrogen and oxygen atoms in total. The van der Waals surface area contributed by atoms with Crippen molar-refractivity contribution in [3.8, 4) is 0 Å². The average molecular weight is 279 g/mol. The normalized spacial score (nSPS) is 13.6. The Morgan fingerprint density at radius 2 is 2.18 bits per heavy atom. The van der Waals surface area contributed by atoms with Gasteiger partial charge in [0.05, 0.1) is 22.2 Å². The molecule has 0 saturated carbocycles. The van der Waals surface area contributed by atoms with Crippen LogP contribution in [0, 0.1) is 0 Å². The highest BCUT2D eigenvalue weighted by molar-refractivity contribution is 7.89. The second-order valence-corrected chi connectivity index (χ2v) is 5.78. The van der Waals surface area contributed by atoms with Crippen molar-refractivity contribution in [2.45, 2.75) is 17.9 Å². The van der Waals surface area contributed by atoms with Gasteiger partial charge in [-0.3, -0.25) is 0 Å². The number of nitrogens with two attached hydrogens (primary N) is 1. The van der Waals surface area contributed by atoms with E-state index in [9.17, 15) is 8.42 Å². The molecule has 0 amide bonds. The molecule has 0 aliphatic heterocycles. The zero-order valence-corrected chi connectivity index (χ0v) is 11.2. The lowest BCUT2D eigenvalue weighted by Gasteiger charge is -2.13. The quantitative estimate of drug-likeness (QED) is 0.794. The smallest absolute Gasteiger partial charge is 0.240 e. The summed E-state index contributed by atoms with van der Waals surface area (Å²) in [6.07, 6.45) is 0. The lowest BCUT2D eigenvalue weighted by atomic mass is 10.3. The molecule has 96 valence electrons. The minimum Gasteiger partial charge on any atom is -0.397 e. The maximum Gasteiger partial charge on any atom is 0.240 e. The molecule has 0 aliphatic carbocycles. The SMILES string of the molecule is COCC(C)NS(=O)(=O)c1ccc(Cl)c(N)c1. The third-order valence-electron chi connectivity index (χ3n) is 2.05. The van der Waals surface area contributed by atoms with Crippen molar-refractivity contribution in [2.24, 2.45) is 0 Å². The summed E-state index contributed by atoms with van der Waals surface area (Å²) in [7, 11) is -2.08. The molecule has 17 heavy (non-hydrogen) atoms. The molecule has 1 atom stereocenters. The van der Waals surface area contributed by atoms with E-state index in [1.807, 2.05) is 0 Å². The van der Waals surface area contributed by atoms with Crippen LogP contribution in [0.5, 0.6) is 0 Å². The number of halogens is 1. The van der Waals surface area contributed by atoms with Gasteiger partial charge in [0.2, 0.25) is 10.0 Å². The number of sulfonamides is 1. The minimum atomic E-state index is -3.59. The molecule has 3 N–H and O–H groups in total. The monoisotopic (exact) mass is 278 g/mol. The average Bonchev–Trinajstić information content (AvgIpc) is 2.21. The molecule has 0 radical (unpaired) electrons. The summed E-state index contributed by atoms with van der Waals surface area (Å²) in [5, 5.41) is 0.328. The topological polar surface area (TPSA) is 81.4 Å². The predicted molar refractivity (Wildman–Crippen MR) is 67.5 cm³/mol. The molecule has 0 saturated heterocycles. The second-order valence-electron chi connectivity index (χ2n) is 3.66. The van der Waals surface area contributed by atoms with Crippen molar-refractivity contribution in [2.75, 3.05) is 19.5 Å². The molecule has 0 fully saturated rings. The van der Waals surface area contributed by atoms with Crippen LogP contribution in [0.4, 0.5) is 5.69 Å². The first-order valence-electron chi connectivity index (χ1n) is 4.93. The number of nitrogen functional groups attached to an aromatic ring is 1. The number of hydrogen-bond acceptors (Lipinski definition) is 4. The highest BCUT2D eigenvalue weighted by atomic mass is 35.5. The summed E-state index contributed by atoms with van der Waals surface area (Å²) in [5.74, 6) is 0. The van der Waals surface area contributed by atoms with E-state index in [-0.39, 0.29) is 16.6 Å². The molecule has 0 aromatic heterocycles. The number of methoxy groups -OCH3 is 1. The number of rotatable bonds is 5. The number of benzene rings is 1. The van der Waals surface area contributed by atoms with Gasteiger partial charge in [-0.05, 0) is 25.1 Å². The molecule has 7 heteroatoms. The molecular formula is C10H15ClN2O3S. The van der Waals surface area contributed by atoms with Crippen molar-refractivity contribution < 1.29 is 13.2 Å². The van der Waals surface area contributed by atoms with E-state index in [1.165, 1.54) is 25.3 Å². The fourth-order valence-corrected chi connectivity index (χ4v) is 2.69. The number of anilines is 1. The van der Waals surface area contributed by atoms with E-state index < -0.39 is 10.0 Å². The van der Waals surface area contributed by atoms with Crippen LogP contribution in [0.15, 0.2) is 23.1 Å². The van der Waals surface area contributed by atoms with Gasteiger partial charge in [0.25, 0.3) is 0 Å². The highest BCUT2D eigenvalue weighted by Gasteiger charge is 2.17. The van der Waals surface area contributed by atoms with Crippen molar-refractivity contribution in [3.63, 3.8) is 0 Å². The predicted octanol–water partition coefficient (Wildman–Crippen LogP) is 1.24. The second kappa shape index (κ2) is 5.68. The summed E-state index contributed by atoms with van der Waals surface area (Å²) in [5.41, 5.74) is 5.79. The Balaban J connectivity index is 2.93. The van der Waals surface area contributed by atoms with E-state index in [2.05, 4.69) is 4.72 Å². The summed E-state index contributed by atoms with van der Waals surface area (Å²) in [4.78, 5) is 0.0855. The van der Waals surface area contributed by atoms with Crippen LogP contribution in [0.3, 0.4) is 0 Å². The number of ether oxygens (including phenoxy) is 1. The zero-order valence-electron chi connectivity index (χ0n) is 9.60. The summed E-state index contributed by atoms with van der Waals surface area (Å²) in [6.45, 7) is 2.00. The van der Waals surface area contributed by atoms with Gasteiger partial charge in [0, 0.05) is 13.2 Å². The Bertz CT molecular complexity index is 490. The van der Waals surface area contributed by atoms with Gasteiger partial charge < -0.3 is 10.5 Å². The van der Waals surface area contributed by atoms with Crippen LogP contribution in [0.25, 0.3) is 0 Å². The Hall–Kier alpha value is -0.820. The molecule has 0 aliphatic rings. The molecular weight excluding hydrogens is 264 g/mol. The highest BCUT2D eigenvalue weighted by Crippen LogP contribution is 2.22. The third-order valence-corrected chi connectivity index (χ3v) is 3.98. The Labute approximate surface area is 106 Å². The zero-order chi connectivity index (χ0) is 13.1. The van der Waals surface area contributed by atoms with E-state index >= 15 is 0 Å². The van der Waals surface area contributed by atoms with Gasteiger partial charge in [-0.2, -0.15) is 0 Å². The fraction of sp³-hybridized carbons (Fsp3) is 0.400. The minimum absolute atomic E-state index is 0.0855. The summed E-state index contributed by atoms with van der Waals surface area (Å²) < 4.78 is 31.2. The molecule has 1 aromatic rings. The van der Waals surface area contributed by atoms with E-state index in [0.717, 1.165) is 0 Å². The first-order chi connectivity index (χ1) is 7.86. The Morgan fingerprint density at radius 1 is 1.53 bits per heavy atom. The van der Waals surface area contributed by atoms with E-state index in [4.69, 9.17) is 22.1 Å². The standard InChI is InChI=1S/C10H15ClN2O3S/c1-7(6-16-2)13-17(14,15)8-3-4-9(11)10(12)5-8/h3-5,7,13H,6,12H2,1-2H3. The summed E-state index contributed by atoms with van der Waals surface area (Å²) in [6, 6.07) is 3.86. The molecule has 0 heterocycles. The van der Waals surface area contributed by atoms with Gasteiger partial charge >= 0.3 is 0 Å². The molecule has 0 bridgehead atoms. The summed E-state index contributed by atoms with van der Waals surface area (Å²) >= 11 is 5.73. The largest absolute Gasteiger partial charge is 0.397 e. The molecule has 1 unspecified atom stereocenters.